The van der Waals surface area contributed by atoms with Gasteiger partial charge in [-0.3, -0.25) is 0 Å². The lowest BCUT2D eigenvalue weighted by Crippen LogP contribution is -2.19. The van der Waals surface area contributed by atoms with Gasteiger partial charge in [-0.2, -0.15) is 0 Å². The van der Waals surface area contributed by atoms with Crippen molar-refractivity contribution in [3.05, 3.63) is 24.7 Å². The minimum atomic E-state index is 0.498. The van der Waals surface area contributed by atoms with Crippen LogP contribution in [0.25, 0.3) is 10.6 Å². The fourth-order valence-electron chi connectivity index (χ4n) is 1.42. The highest BCUT2D eigenvalue weighted by atomic mass is 14.9. The molecule has 1 aliphatic rings. The normalized spacial score (nSPS) is 34.0. The van der Waals surface area contributed by atoms with Crippen LogP contribution in [0.3, 0.4) is 0 Å². The van der Waals surface area contributed by atoms with E-state index in [1.807, 2.05) is 0 Å². The summed E-state index contributed by atoms with van der Waals surface area (Å²) in [6.07, 6.45) is 4.58. The fourth-order valence-corrected chi connectivity index (χ4v) is 1.42. The molecular weight excluding hydrogens is 124 g/mol. The summed E-state index contributed by atoms with van der Waals surface area (Å²) < 4.78 is 0. The maximum atomic E-state index is 4.00. The van der Waals surface area contributed by atoms with E-state index in [1.165, 1.54) is 0 Å². The second-order valence-electron chi connectivity index (χ2n) is 2.83. The van der Waals surface area contributed by atoms with Crippen molar-refractivity contribution in [2.24, 2.45) is 0 Å². The number of hydrogen-bond acceptors (Lipinski definition) is 0. The van der Waals surface area contributed by atoms with Gasteiger partial charge >= 0.3 is 0 Å². The maximum absolute atomic E-state index is 4.00. The molecule has 0 radical (unpaired) electrons. The molecule has 2 nitrogen and oxygen atoms in total. The van der Waals surface area contributed by atoms with Gasteiger partial charge in [-0.05, 0) is 14.1 Å². The summed E-state index contributed by atoms with van der Waals surface area (Å²) in [5.74, 6) is 0. The quantitative estimate of drug-likeness (QED) is 0.525. The van der Waals surface area contributed by atoms with Crippen molar-refractivity contribution in [2.45, 2.75) is 37.8 Å². The van der Waals surface area contributed by atoms with Crippen molar-refractivity contribution in [1.82, 2.24) is 0 Å². The van der Waals surface area contributed by atoms with E-state index in [9.17, 15) is 0 Å². The molecule has 0 aromatic heterocycles. The summed E-state index contributed by atoms with van der Waals surface area (Å²) in [7, 11) is 7.08. The topological polar surface area (TPSA) is 28.2 Å². The van der Waals surface area contributed by atoms with E-state index in [0.717, 1.165) is 25.7 Å². The molecule has 1 fully saturated rings. The third-order valence-electron chi connectivity index (χ3n) is 2.18. The average Bonchev–Trinajstić information content (AvgIpc) is 2.05. The zero-order valence-electron chi connectivity index (χ0n) is 6.29. The molecule has 0 bridgehead atoms. The van der Waals surface area contributed by atoms with Crippen LogP contribution in [0.15, 0.2) is 0 Å². The molecule has 0 N–H and O–H groups in total. The van der Waals surface area contributed by atoms with Gasteiger partial charge in [0.2, 0.25) is 0 Å². The van der Waals surface area contributed by atoms with E-state index in [2.05, 4.69) is 24.7 Å². The van der Waals surface area contributed by atoms with Gasteiger partial charge in [0, 0.05) is 0 Å². The van der Waals surface area contributed by atoms with Crippen LogP contribution in [0.4, 0.5) is 0 Å². The van der Waals surface area contributed by atoms with E-state index >= 15 is 0 Å². The molecule has 0 spiro atoms. The summed E-state index contributed by atoms with van der Waals surface area (Å²) in [6.45, 7) is 0. The van der Waals surface area contributed by atoms with E-state index in [0.29, 0.717) is 12.1 Å². The lowest BCUT2D eigenvalue weighted by Gasteiger charge is -2.35. The summed E-state index contributed by atoms with van der Waals surface area (Å²) in [4.78, 5) is 0. The lowest BCUT2D eigenvalue weighted by molar-refractivity contribution is 0.448. The van der Waals surface area contributed by atoms with Crippen LogP contribution in [-0.2, 0) is 0 Å². The molecule has 1 rings (SSSR count). The van der Waals surface area contributed by atoms with E-state index in [4.69, 9.17) is 0 Å². The summed E-state index contributed by atoms with van der Waals surface area (Å²) in [5, 5.41) is 8.01. The highest BCUT2D eigenvalue weighted by molar-refractivity contribution is 5.01. The molecule has 10 heavy (non-hydrogen) atoms. The number of nitrogens with zero attached hydrogens (tertiary/aromatic N) is 2. The van der Waals surface area contributed by atoms with Crippen LogP contribution >= 0.6 is 0 Å². The smallest absolute Gasteiger partial charge is 0.0224 e. The van der Waals surface area contributed by atoms with Crippen LogP contribution < -0.4 is 0 Å². The first-order chi connectivity index (χ1) is 4.86. The molecule has 0 atom stereocenters. The van der Waals surface area contributed by atoms with Gasteiger partial charge in [0.05, 0.1) is 0 Å². The molecule has 0 aliphatic heterocycles. The van der Waals surface area contributed by atoms with Gasteiger partial charge < -0.3 is 10.6 Å². The van der Waals surface area contributed by atoms with Gasteiger partial charge in [-0.1, -0.05) is 25.7 Å². The Hall–Kier alpha value is -0.340. The zero-order valence-corrected chi connectivity index (χ0v) is 6.29. The van der Waals surface area contributed by atoms with Gasteiger partial charge in [0.25, 0.3) is 0 Å². The van der Waals surface area contributed by atoms with Crippen LogP contribution in [0.1, 0.15) is 25.7 Å². The monoisotopic (exact) mass is 138 g/mol. The van der Waals surface area contributed by atoms with Crippen LogP contribution in [0, 0.1) is 14.1 Å². The Balaban J connectivity index is 2.17. The van der Waals surface area contributed by atoms with Crippen molar-refractivity contribution in [3.8, 4) is 0 Å². The average molecular weight is 138 g/mol. The zero-order chi connectivity index (χ0) is 7.40. The van der Waals surface area contributed by atoms with Crippen LogP contribution in [0.2, 0.25) is 0 Å². The Kier molecular flexibility index (Phi) is 2.90. The van der Waals surface area contributed by atoms with Crippen LogP contribution in [0.5, 0.6) is 0 Å². The van der Waals surface area contributed by atoms with E-state index in [-0.39, 0.29) is 0 Å². The molecule has 0 unspecified atom stereocenters. The molecule has 1 saturated carbocycles. The number of hydrogen-bond donors (Lipinski definition) is 0. The molecule has 0 amide bonds. The Bertz CT molecular complexity index is 73.3. The van der Waals surface area contributed by atoms with Gasteiger partial charge in [-0.25, -0.2) is 0 Å². The van der Waals surface area contributed by atoms with Gasteiger partial charge in [-0.15, -0.1) is 12.1 Å². The van der Waals surface area contributed by atoms with Crippen molar-refractivity contribution < 1.29 is 0 Å². The molecule has 0 aromatic carbocycles. The Morgan fingerprint density at radius 3 is 1.30 bits per heavy atom. The summed E-state index contributed by atoms with van der Waals surface area (Å²) in [5.41, 5.74) is 0. The van der Waals surface area contributed by atoms with Gasteiger partial charge in [0.1, 0.15) is 0 Å². The SMILES string of the molecule is [CH2+][N-][C@H]1CC[C@@H]([N-][CH2+])CC1. The maximum Gasteiger partial charge on any atom is -0.0224 e. The first kappa shape index (κ1) is 7.76. The third-order valence-corrected chi connectivity index (χ3v) is 2.18. The molecule has 0 aromatic rings. The standard InChI is InChI=1S/C8H14N2/c1-9-7-3-5-8(10-2)6-4-7/h7-8H,1-6H2/t7-,8+. The third kappa shape index (κ3) is 1.82. The van der Waals surface area contributed by atoms with Crippen molar-refractivity contribution >= 4 is 0 Å². The van der Waals surface area contributed by atoms with E-state index < -0.39 is 0 Å². The second kappa shape index (κ2) is 3.74. The van der Waals surface area contributed by atoms with Crippen molar-refractivity contribution in [2.75, 3.05) is 0 Å². The Morgan fingerprint density at radius 1 is 0.800 bits per heavy atom. The van der Waals surface area contributed by atoms with E-state index in [1.54, 1.807) is 0 Å². The van der Waals surface area contributed by atoms with Crippen LogP contribution in [-0.4, -0.2) is 12.1 Å². The predicted octanol–water partition coefficient (Wildman–Crippen LogP) is 2.63. The van der Waals surface area contributed by atoms with Crippen molar-refractivity contribution in [1.29, 1.82) is 0 Å². The van der Waals surface area contributed by atoms with Gasteiger partial charge in [0.15, 0.2) is 0 Å². The Morgan fingerprint density at radius 2 is 1.10 bits per heavy atom. The first-order valence-corrected chi connectivity index (χ1v) is 3.78. The lowest BCUT2D eigenvalue weighted by atomic mass is 9.91. The molecule has 2 heteroatoms. The highest BCUT2D eigenvalue weighted by Gasteiger charge is 2.10. The molecule has 0 heterocycles. The molecule has 1 aliphatic carbocycles. The second-order valence-corrected chi connectivity index (χ2v) is 2.83. The minimum absolute atomic E-state index is 0.498. The van der Waals surface area contributed by atoms with Crippen molar-refractivity contribution in [3.63, 3.8) is 0 Å². The summed E-state index contributed by atoms with van der Waals surface area (Å²) in [6, 6.07) is 0.996. The Labute approximate surface area is 63.4 Å². The number of rotatable bonds is 2. The molecule has 0 saturated heterocycles. The highest BCUT2D eigenvalue weighted by Crippen LogP contribution is 2.26. The predicted molar refractivity (Wildman–Crippen MR) is 43.5 cm³/mol. The fraction of sp³-hybridized carbons (Fsp3) is 0.750. The largest absolute Gasteiger partial charge is 0.455 e. The minimum Gasteiger partial charge on any atom is -0.455 e. The molecular formula is C8H14N2. The summed E-state index contributed by atoms with van der Waals surface area (Å²) >= 11 is 0. The first-order valence-electron chi connectivity index (χ1n) is 3.78. The molecule has 56 valence electrons.